The predicted molar refractivity (Wildman–Crippen MR) is 130 cm³/mol. The molecule has 160 valence electrons. The molecule has 33 heavy (non-hydrogen) atoms. The second-order valence-electron chi connectivity index (χ2n) is 7.56. The number of pyridine rings is 2. The highest BCUT2D eigenvalue weighted by atomic mass is 16.5. The van der Waals surface area contributed by atoms with Crippen LogP contribution in [0.25, 0.3) is 22.2 Å². The van der Waals surface area contributed by atoms with E-state index >= 15 is 0 Å². The fourth-order valence-corrected chi connectivity index (χ4v) is 3.61. The minimum Gasteiger partial charge on any atom is -0.489 e. The molecule has 0 radical (unpaired) electrons. The SMILES string of the molecule is O=C(Nc1ccc(OCc2ccccc2)cc1)c1cc(-c2ccncc2)nc2ccccc12. The summed E-state index contributed by atoms with van der Waals surface area (Å²) in [6.07, 6.45) is 3.43. The lowest BCUT2D eigenvalue weighted by molar-refractivity contribution is 0.102. The number of rotatable bonds is 6. The van der Waals surface area contributed by atoms with Gasteiger partial charge in [0.2, 0.25) is 0 Å². The van der Waals surface area contributed by atoms with Gasteiger partial charge in [0.05, 0.1) is 16.8 Å². The maximum absolute atomic E-state index is 13.2. The van der Waals surface area contributed by atoms with E-state index in [4.69, 9.17) is 9.72 Å². The molecule has 0 aliphatic carbocycles. The molecule has 5 heteroatoms. The summed E-state index contributed by atoms with van der Waals surface area (Å²) < 4.78 is 5.83. The van der Waals surface area contributed by atoms with Crippen molar-refractivity contribution < 1.29 is 9.53 Å². The van der Waals surface area contributed by atoms with Crippen LogP contribution in [0.3, 0.4) is 0 Å². The third-order valence-electron chi connectivity index (χ3n) is 5.30. The number of hydrogen-bond donors (Lipinski definition) is 1. The van der Waals surface area contributed by atoms with Crippen molar-refractivity contribution in [2.24, 2.45) is 0 Å². The van der Waals surface area contributed by atoms with Crippen molar-refractivity contribution in [1.29, 1.82) is 0 Å². The Morgan fingerprint density at radius 1 is 0.818 bits per heavy atom. The molecule has 0 saturated heterocycles. The molecule has 0 aliphatic heterocycles. The van der Waals surface area contributed by atoms with Gasteiger partial charge in [0, 0.05) is 29.0 Å². The lowest BCUT2D eigenvalue weighted by atomic mass is 10.0. The number of fused-ring (bicyclic) bond motifs is 1. The van der Waals surface area contributed by atoms with Gasteiger partial charge >= 0.3 is 0 Å². The predicted octanol–water partition coefficient (Wildman–Crippen LogP) is 6.13. The Balaban J connectivity index is 1.36. The molecule has 1 N–H and O–H groups in total. The van der Waals surface area contributed by atoms with Gasteiger partial charge in [-0.25, -0.2) is 4.98 Å². The summed E-state index contributed by atoms with van der Waals surface area (Å²) in [5.74, 6) is 0.549. The van der Waals surface area contributed by atoms with Gasteiger partial charge in [-0.2, -0.15) is 0 Å². The fraction of sp³-hybridized carbons (Fsp3) is 0.0357. The van der Waals surface area contributed by atoms with Crippen LogP contribution in [0.1, 0.15) is 15.9 Å². The quantitative estimate of drug-likeness (QED) is 0.351. The summed E-state index contributed by atoms with van der Waals surface area (Å²) in [7, 11) is 0. The first-order valence-corrected chi connectivity index (χ1v) is 10.6. The fourth-order valence-electron chi connectivity index (χ4n) is 3.61. The number of nitrogens with zero attached hydrogens (tertiary/aromatic N) is 2. The summed E-state index contributed by atoms with van der Waals surface area (Å²) in [5, 5.41) is 3.80. The molecule has 0 aliphatic rings. The first-order valence-electron chi connectivity index (χ1n) is 10.6. The molecule has 0 spiro atoms. The number of anilines is 1. The van der Waals surface area contributed by atoms with Crippen molar-refractivity contribution in [2.45, 2.75) is 6.61 Å². The van der Waals surface area contributed by atoms with Gasteiger partial charge in [-0.3, -0.25) is 9.78 Å². The first-order chi connectivity index (χ1) is 16.3. The average molecular weight is 431 g/mol. The minimum atomic E-state index is -0.193. The van der Waals surface area contributed by atoms with Gasteiger partial charge < -0.3 is 10.1 Å². The molecule has 2 aromatic heterocycles. The molecular weight excluding hydrogens is 410 g/mol. The highest BCUT2D eigenvalue weighted by Crippen LogP contribution is 2.26. The monoisotopic (exact) mass is 431 g/mol. The second-order valence-corrected chi connectivity index (χ2v) is 7.56. The molecule has 0 unspecified atom stereocenters. The van der Waals surface area contributed by atoms with E-state index in [1.165, 1.54) is 0 Å². The number of carbonyl (C=O) groups is 1. The molecule has 5 rings (SSSR count). The molecule has 0 atom stereocenters. The summed E-state index contributed by atoms with van der Waals surface area (Å²) in [6.45, 7) is 0.493. The third-order valence-corrected chi connectivity index (χ3v) is 5.30. The molecule has 0 fully saturated rings. The van der Waals surface area contributed by atoms with Crippen LogP contribution in [0.4, 0.5) is 5.69 Å². The Kier molecular flexibility index (Phi) is 5.76. The molecule has 2 heterocycles. The lowest BCUT2D eigenvalue weighted by Gasteiger charge is -2.11. The standard InChI is InChI=1S/C28H21N3O2/c32-28(30-22-10-12-23(13-11-22)33-19-20-6-2-1-3-7-20)25-18-27(21-14-16-29-17-15-21)31-26-9-5-4-8-24(25)26/h1-18H,19H2,(H,30,32). The summed E-state index contributed by atoms with van der Waals surface area (Å²) in [5.41, 5.74) is 4.76. The zero-order valence-electron chi connectivity index (χ0n) is 17.8. The van der Waals surface area contributed by atoms with Gasteiger partial charge in [-0.15, -0.1) is 0 Å². The molecule has 5 aromatic rings. The topological polar surface area (TPSA) is 64.1 Å². The van der Waals surface area contributed by atoms with E-state index in [1.807, 2.05) is 97.1 Å². The normalized spacial score (nSPS) is 10.7. The number of carbonyl (C=O) groups excluding carboxylic acids is 1. The second kappa shape index (κ2) is 9.32. The van der Waals surface area contributed by atoms with E-state index in [9.17, 15) is 4.79 Å². The van der Waals surface area contributed by atoms with E-state index in [0.29, 0.717) is 17.9 Å². The maximum Gasteiger partial charge on any atom is 0.256 e. The van der Waals surface area contributed by atoms with Crippen LogP contribution in [0.15, 0.2) is 109 Å². The minimum absolute atomic E-state index is 0.193. The highest BCUT2D eigenvalue weighted by Gasteiger charge is 2.14. The van der Waals surface area contributed by atoms with Crippen LogP contribution in [-0.4, -0.2) is 15.9 Å². The average Bonchev–Trinajstić information content (AvgIpc) is 2.88. The smallest absolute Gasteiger partial charge is 0.256 e. The van der Waals surface area contributed by atoms with E-state index in [-0.39, 0.29) is 5.91 Å². The zero-order valence-corrected chi connectivity index (χ0v) is 17.8. The third kappa shape index (κ3) is 4.72. The molecule has 1 amide bonds. The number of ether oxygens (including phenoxy) is 1. The zero-order chi connectivity index (χ0) is 22.5. The number of amides is 1. The van der Waals surface area contributed by atoms with Gasteiger partial charge in [0.25, 0.3) is 5.91 Å². The van der Waals surface area contributed by atoms with Gasteiger partial charge in [-0.05, 0) is 54.1 Å². The van der Waals surface area contributed by atoms with Gasteiger partial charge in [0.1, 0.15) is 12.4 Å². The Morgan fingerprint density at radius 2 is 1.55 bits per heavy atom. The van der Waals surface area contributed by atoms with Crippen LogP contribution >= 0.6 is 0 Å². The van der Waals surface area contributed by atoms with Crippen LogP contribution in [-0.2, 0) is 6.61 Å². The Hall–Kier alpha value is -4.51. The van der Waals surface area contributed by atoms with Crippen molar-refractivity contribution in [3.8, 4) is 17.0 Å². The summed E-state index contributed by atoms with van der Waals surface area (Å²) >= 11 is 0. The summed E-state index contributed by atoms with van der Waals surface area (Å²) in [6, 6.07) is 30.6. The van der Waals surface area contributed by atoms with E-state index in [1.54, 1.807) is 12.4 Å². The van der Waals surface area contributed by atoms with Crippen LogP contribution < -0.4 is 10.1 Å². The van der Waals surface area contributed by atoms with E-state index in [0.717, 1.165) is 33.5 Å². The number of nitrogens with one attached hydrogen (secondary N) is 1. The van der Waals surface area contributed by atoms with Crippen molar-refractivity contribution in [3.63, 3.8) is 0 Å². The number of benzene rings is 3. The summed E-state index contributed by atoms with van der Waals surface area (Å²) in [4.78, 5) is 22.0. The largest absolute Gasteiger partial charge is 0.489 e. The Morgan fingerprint density at radius 3 is 2.33 bits per heavy atom. The lowest BCUT2D eigenvalue weighted by Crippen LogP contribution is -2.13. The van der Waals surface area contributed by atoms with Crippen LogP contribution in [0, 0.1) is 0 Å². The van der Waals surface area contributed by atoms with E-state index in [2.05, 4.69) is 10.3 Å². The molecule has 3 aromatic carbocycles. The molecule has 0 saturated carbocycles. The number of para-hydroxylation sites is 1. The number of hydrogen-bond acceptors (Lipinski definition) is 4. The van der Waals surface area contributed by atoms with Crippen molar-refractivity contribution >= 4 is 22.5 Å². The van der Waals surface area contributed by atoms with E-state index < -0.39 is 0 Å². The number of aromatic nitrogens is 2. The maximum atomic E-state index is 13.2. The molecule has 5 nitrogen and oxygen atoms in total. The molecular formula is C28H21N3O2. The Labute approximate surface area is 191 Å². The van der Waals surface area contributed by atoms with Crippen LogP contribution in [0.2, 0.25) is 0 Å². The molecule has 0 bridgehead atoms. The first kappa shape index (κ1) is 20.4. The highest BCUT2D eigenvalue weighted by molar-refractivity contribution is 6.13. The van der Waals surface area contributed by atoms with Crippen LogP contribution in [0.5, 0.6) is 5.75 Å². The Bertz CT molecular complexity index is 1390. The van der Waals surface area contributed by atoms with Crippen molar-refractivity contribution in [1.82, 2.24) is 9.97 Å². The van der Waals surface area contributed by atoms with Gasteiger partial charge in [0.15, 0.2) is 0 Å². The van der Waals surface area contributed by atoms with Gasteiger partial charge in [-0.1, -0.05) is 48.5 Å². The van der Waals surface area contributed by atoms with Crippen molar-refractivity contribution in [2.75, 3.05) is 5.32 Å². The van der Waals surface area contributed by atoms with Crippen molar-refractivity contribution in [3.05, 3.63) is 121 Å².